The number of ether oxygens (including phenoxy) is 2. The third kappa shape index (κ3) is 6.41. The number of carbonyl (C=O) groups is 5. The number of hydrogen-bond donors (Lipinski definition) is 4. The van der Waals surface area contributed by atoms with Crippen molar-refractivity contribution in [3.05, 3.63) is 47.5 Å². The number of benzene rings is 1. The maximum absolute atomic E-state index is 13.5. The minimum atomic E-state index is -1.79. The Morgan fingerprint density at radius 1 is 1.02 bits per heavy atom. The molecule has 5 rings (SSSR count). The Balaban J connectivity index is 1.17. The van der Waals surface area contributed by atoms with Gasteiger partial charge in [0.1, 0.15) is 11.7 Å². The fourth-order valence-corrected chi connectivity index (χ4v) is 9.29. The molecule has 4 N–H and O–H groups in total. The lowest BCUT2D eigenvalue weighted by Gasteiger charge is -2.60. The number of rotatable bonds is 11. The maximum atomic E-state index is 13.5. The fourth-order valence-electron chi connectivity index (χ4n) is 9.29. The molecule has 0 aliphatic heterocycles. The van der Waals surface area contributed by atoms with Gasteiger partial charge in [0, 0.05) is 18.3 Å². The van der Waals surface area contributed by atoms with Gasteiger partial charge in [-0.3, -0.25) is 19.2 Å². The summed E-state index contributed by atoms with van der Waals surface area (Å²) < 4.78 is 10.2. The molecule has 0 saturated heterocycles. The summed E-state index contributed by atoms with van der Waals surface area (Å²) >= 11 is 0. The second kappa shape index (κ2) is 13.6. The molecule has 0 radical (unpaired) electrons. The number of aliphatic hydroxyl groups excluding tert-OH is 2. The number of amides is 1. The van der Waals surface area contributed by atoms with E-state index in [0.717, 1.165) is 18.4 Å². The molecule has 1 aromatic rings. The Morgan fingerprint density at radius 3 is 2.45 bits per heavy atom. The van der Waals surface area contributed by atoms with Gasteiger partial charge < -0.3 is 30.1 Å². The second-order valence-corrected chi connectivity index (χ2v) is 14.2. The summed E-state index contributed by atoms with van der Waals surface area (Å²) in [6, 6.07) is 6.92. The van der Waals surface area contributed by atoms with E-state index in [2.05, 4.69) is 12.2 Å². The van der Waals surface area contributed by atoms with Crippen LogP contribution in [-0.4, -0.2) is 75.7 Å². The molecule has 3 saturated carbocycles. The van der Waals surface area contributed by atoms with Crippen molar-refractivity contribution in [2.24, 2.45) is 28.6 Å². The summed E-state index contributed by atoms with van der Waals surface area (Å²) in [4.78, 5) is 63.5. The van der Waals surface area contributed by atoms with Crippen LogP contribution in [0.1, 0.15) is 90.2 Å². The summed E-state index contributed by atoms with van der Waals surface area (Å²) in [7, 11) is 0. The van der Waals surface area contributed by atoms with Gasteiger partial charge in [0.15, 0.2) is 18.4 Å². The zero-order valence-electron chi connectivity index (χ0n) is 27.4. The van der Waals surface area contributed by atoms with Crippen molar-refractivity contribution in [1.82, 2.24) is 5.32 Å². The lowest BCUT2D eigenvalue weighted by molar-refractivity contribution is -0.184. The summed E-state index contributed by atoms with van der Waals surface area (Å²) in [6.45, 7) is 4.97. The van der Waals surface area contributed by atoms with Crippen molar-refractivity contribution in [2.45, 2.75) is 102 Å². The highest BCUT2D eigenvalue weighted by Crippen LogP contribution is 2.67. The monoisotopic (exact) mass is 653 g/mol. The van der Waals surface area contributed by atoms with Gasteiger partial charge in [-0.05, 0) is 80.3 Å². The van der Waals surface area contributed by atoms with Gasteiger partial charge in [-0.1, -0.05) is 49.8 Å². The third-order valence-corrected chi connectivity index (χ3v) is 11.7. The zero-order chi connectivity index (χ0) is 34.1. The van der Waals surface area contributed by atoms with Gasteiger partial charge in [0.2, 0.25) is 11.7 Å². The van der Waals surface area contributed by atoms with E-state index < -0.39 is 65.9 Å². The van der Waals surface area contributed by atoms with Crippen molar-refractivity contribution >= 4 is 29.4 Å². The molecule has 0 heterocycles. The molecule has 2 unspecified atom stereocenters. The van der Waals surface area contributed by atoms with E-state index in [9.17, 15) is 39.3 Å². The van der Waals surface area contributed by atoms with Crippen molar-refractivity contribution < 1.29 is 48.8 Å². The van der Waals surface area contributed by atoms with Crippen LogP contribution in [0.4, 0.5) is 0 Å². The molecule has 0 bridgehead atoms. The van der Waals surface area contributed by atoms with Crippen LogP contribution >= 0.6 is 0 Å². The van der Waals surface area contributed by atoms with Crippen LogP contribution in [0.15, 0.2) is 42.0 Å². The van der Waals surface area contributed by atoms with E-state index in [-0.39, 0.29) is 54.8 Å². The highest BCUT2D eigenvalue weighted by molar-refractivity contribution is 5.92. The molecule has 0 spiro atoms. The minimum Gasteiger partial charge on any atom is -0.464 e. The molecule has 3 fully saturated rings. The van der Waals surface area contributed by atoms with Gasteiger partial charge in [0.05, 0.1) is 19.1 Å². The first-order valence-corrected chi connectivity index (χ1v) is 16.8. The molecular formula is C36H47NO10. The van der Waals surface area contributed by atoms with Crippen LogP contribution in [-0.2, 0) is 33.4 Å². The third-order valence-electron chi connectivity index (χ3n) is 11.7. The number of aliphatic hydroxyl groups is 3. The second-order valence-electron chi connectivity index (χ2n) is 14.2. The van der Waals surface area contributed by atoms with Crippen molar-refractivity contribution in [3.63, 3.8) is 0 Å². The molecule has 1 amide bonds. The first kappa shape index (κ1) is 34.9. The minimum absolute atomic E-state index is 0.0150. The van der Waals surface area contributed by atoms with Gasteiger partial charge in [-0.2, -0.15) is 0 Å². The maximum Gasteiger partial charge on any atom is 0.331 e. The highest BCUT2D eigenvalue weighted by atomic mass is 16.5. The fraction of sp³-hybridized carbons (Fsp3) is 0.639. The average Bonchev–Trinajstić information content (AvgIpc) is 3.32. The van der Waals surface area contributed by atoms with E-state index in [1.165, 1.54) is 0 Å². The van der Waals surface area contributed by atoms with Gasteiger partial charge in [-0.15, -0.1) is 0 Å². The first-order valence-electron chi connectivity index (χ1n) is 16.8. The lowest BCUT2D eigenvalue weighted by atomic mass is 9.45. The number of ketones is 2. The number of esters is 2. The molecule has 11 nitrogen and oxygen atoms in total. The van der Waals surface area contributed by atoms with Crippen LogP contribution in [0.25, 0.3) is 0 Å². The summed E-state index contributed by atoms with van der Waals surface area (Å²) in [5.41, 5.74) is -1.50. The zero-order valence-corrected chi connectivity index (χ0v) is 27.4. The summed E-state index contributed by atoms with van der Waals surface area (Å²) in [6.07, 6.45) is 2.55. The average molecular weight is 654 g/mol. The molecule has 4 aliphatic rings. The predicted molar refractivity (Wildman–Crippen MR) is 168 cm³/mol. The number of nitrogens with one attached hydrogen (secondary N) is 1. The standard InChI is InChI=1S/C36H47NO10/c1-4-46-33(44)31(32(43)21-8-6-5-7-9-21)37-28(41)12-13-29(42)47-20-27(40)36(45)17-15-25-24-11-10-22-18-23(38)14-16-34(22,2)30(24)26(39)19-35(25,36)3/h5-9,18,24-26,30-32,39,43,45H,4,10-17,19-20H2,1-3H3,(H,37,41)/t24-,25-,26-,30+,31?,32?,34-,35-,36-/m0/s1. The number of hydrogen-bond acceptors (Lipinski definition) is 10. The molecule has 1 aromatic carbocycles. The van der Waals surface area contributed by atoms with Gasteiger partial charge in [-0.25, -0.2) is 4.79 Å². The van der Waals surface area contributed by atoms with Crippen LogP contribution in [0.3, 0.4) is 0 Å². The lowest BCUT2D eigenvalue weighted by Crippen LogP contribution is -2.62. The molecule has 47 heavy (non-hydrogen) atoms. The Bertz CT molecular complexity index is 1430. The molecule has 256 valence electrons. The van der Waals surface area contributed by atoms with E-state index in [1.807, 2.05) is 6.92 Å². The highest BCUT2D eigenvalue weighted by Gasteiger charge is 2.68. The molecule has 4 aliphatic carbocycles. The Kier molecular flexibility index (Phi) is 10.1. The summed E-state index contributed by atoms with van der Waals surface area (Å²) in [5, 5.41) is 36.6. The van der Waals surface area contributed by atoms with Crippen LogP contribution in [0.5, 0.6) is 0 Å². The molecule has 11 heteroatoms. The normalized spacial score (nSPS) is 34.1. The summed E-state index contributed by atoms with van der Waals surface area (Å²) in [5.74, 6) is -2.85. The molecule has 9 atom stereocenters. The smallest absolute Gasteiger partial charge is 0.331 e. The largest absolute Gasteiger partial charge is 0.464 e. The Morgan fingerprint density at radius 2 is 1.74 bits per heavy atom. The topological polar surface area (TPSA) is 177 Å². The van der Waals surface area contributed by atoms with Crippen LogP contribution in [0, 0.1) is 28.6 Å². The van der Waals surface area contributed by atoms with E-state index in [4.69, 9.17) is 9.47 Å². The number of carbonyl (C=O) groups excluding carboxylic acids is 5. The molecular weight excluding hydrogens is 606 g/mol. The number of fused-ring (bicyclic) bond motifs is 5. The van der Waals surface area contributed by atoms with Crippen molar-refractivity contribution in [3.8, 4) is 0 Å². The Hall–Kier alpha value is -3.41. The van der Waals surface area contributed by atoms with Crippen LogP contribution < -0.4 is 5.32 Å². The van der Waals surface area contributed by atoms with Gasteiger partial charge in [0.25, 0.3) is 0 Å². The van der Waals surface area contributed by atoms with Crippen molar-refractivity contribution in [2.75, 3.05) is 13.2 Å². The van der Waals surface area contributed by atoms with Crippen molar-refractivity contribution in [1.29, 1.82) is 0 Å². The van der Waals surface area contributed by atoms with E-state index in [0.29, 0.717) is 24.8 Å². The number of allylic oxidation sites excluding steroid dienone is 1. The first-order chi connectivity index (χ1) is 22.2. The van der Waals surface area contributed by atoms with E-state index in [1.54, 1.807) is 43.3 Å². The molecule has 0 aromatic heterocycles. The van der Waals surface area contributed by atoms with Crippen LogP contribution in [0.2, 0.25) is 0 Å². The van der Waals surface area contributed by atoms with Gasteiger partial charge >= 0.3 is 11.9 Å². The SMILES string of the molecule is CCOC(=O)C(NC(=O)CCC(=O)OCC(=O)[C@@]1(O)CC[C@H]2[C@@H]3CCC4=CC(=O)CC[C@]4(C)[C@H]3[C@@H](O)C[C@@]21C)C(O)c1ccccc1. The predicted octanol–water partition coefficient (Wildman–Crippen LogP) is 2.89. The number of Topliss-reactive ketones (excluding diaryl/α,β-unsaturated/α-hetero) is 1. The van der Waals surface area contributed by atoms with E-state index >= 15 is 0 Å². The Labute approximate surface area is 275 Å². The quantitative estimate of drug-likeness (QED) is 0.260.